The highest BCUT2D eigenvalue weighted by molar-refractivity contribution is 5.40. The van der Waals surface area contributed by atoms with E-state index in [1.54, 1.807) is 16.9 Å². The van der Waals surface area contributed by atoms with Crippen molar-refractivity contribution in [1.82, 2.24) is 9.78 Å². The van der Waals surface area contributed by atoms with Crippen molar-refractivity contribution < 1.29 is 13.2 Å². The summed E-state index contributed by atoms with van der Waals surface area (Å²) in [4.78, 5) is 0. The Labute approximate surface area is 137 Å². The molecule has 0 saturated heterocycles. The van der Waals surface area contributed by atoms with Crippen molar-refractivity contribution in [2.45, 2.75) is 25.2 Å². The molecule has 1 atom stereocenters. The second-order valence-electron chi connectivity index (χ2n) is 6.13. The van der Waals surface area contributed by atoms with Gasteiger partial charge in [0.2, 0.25) is 0 Å². The third-order valence-corrected chi connectivity index (χ3v) is 4.54. The minimum absolute atomic E-state index is 0.133. The molecular formula is C19H15F3N2. The highest BCUT2D eigenvalue weighted by Gasteiger charge is 2.29. The predicted molar refractivity (Wildman–Crippen MR) is 84.6 cm³/mol. The number of benzene rings is 2. The molecule has 0 spiro atoms. The van der Waals surface area contributed by atoms with Crippen molar-refractivity contribution in [2.24, 2.45) is 0 Å². The average molecular weight is 328 g/mol. The molecule has 0 fully saturated rings. The van der Waals surface area contributed by atoms with Crippen molar-refractivity contribution in [3.8, 4) is 5.69 Å². The fraction of sp³-hybridized carbons (Fsp3) is 0.211. The van der Waals surface area contributed by atoms with Gasteiger partial charge < -0.3 is 0 Å². The fourth-order valence-corrected chi connectivity index (χ4v) is 3.48. The molecule has 0 amide bonds. The maximum absolute atomic E-state index is 14.1. The lowest BCUT2D eigenvalue weighted by Gasteiger charge is -2.15. The molecule has 0 bridgehead atoms. The minimum atomic E-state index is -0.641. The molecule has 1 heterocycles. The van der Waals surface area contributed by atoms with Gasteiger partial charge >= 0.3 is 0 Å². The zero-order chi connectivity index (χ0) is 16.7. The van der Waals surface area contributed by atoms with Gasteiger partial charge in [0.15, 0.2) is 5.82 Å². The molecule has 1 aromatic heterocycles. The zero-order valence-corrected chi connectivity index (χ0v) is 12.8. The minimum Gasteiger partial charge on any atom is -0.234 e. The third kappa shape index (κ3) is 2.60. The maximum atomic E-state index is 14.1. The van der Waals surface area contributed by atoms with Crippen LogP contribution in [0.1, 0.15) is 29.2 Å². The molecule has 0 N–H and O–H groups in total. The monoisotopic (exact) mass is 328 g/mol. The van der Waals surface area contributed by atoms with Crippen molar-refractivity contribution in [1.29, 1.82) is 0 Å². The standard InChI is InChI=1S/C19H15F3N2/c20-15-3-1-2-12(9-15)8-13-4-5-14-11-23-24(19(13)14)18-7-6-16(21)10-17(18)22/h1-3,6-7,9-11,13H,4-5,8H2. The van der Waals surface area contributed by atoms with Gasteiger partial charge in [-0.3, -0.25) is 0 Å². The predicted octanol–water partition coefficient (Wildman–Crippen LogP) is 4.56. The van der Waals surface area contributed by atoms with Crippen LogP contribution in [0.3, 0.4) is 0 Å². The highest BCUT2D eigenvalue weighted by atomic mass is 19.1. The molecule has 2 nitrogen and oxygen atoms in total. The van der Waals surface area contributed by atoms with Gasteiger partial charge in [-0.2, -0.15) is 5.10 Å². The molecule has 5 heteroatoms. The summed E-state index contributed by atoms with van der Waals surface area (Å²) in [6.07, 6.45) is 4.17. The first-order valence-electron chi connectivity index (χ1n) is 7.88. The third-order valence-electron chi connectivity index (χ3n) is 4.54. The molecule has 122 valence electrons. The molecular weight excluding hydrogens is 313 g/mol. The SMILES string of the molecule is Fc1cccc(CC2CCc3cnn(-c4ccc(F)cc4F)c32)c1. The van der Waals surface area contributed by atoms with Crippen LogP contribution in [0.15, 0.2) is 48.7 Å². The fourth-order valence-electron chi connectivity index (χ4n) is 3.48. The van der Waals surface area contributed by atoms with Gasteiger partial charge in [0.25, 0.3) is 0 Å². The Morgan fingerprint density at radius 3 is 2.67 bits per heavy atom. The Kier molecular flexibility index (Phi) is 3.63. The lowest BCUT2D eigenvalue weighted by molar-refractivity contribution is 0.563. The second-order valence-corrected chi connectivity index (χ2v) is 6.13. The normalized spacial score (nSPS) is 16.4. The van der Waals surface area contributed by atoms with E-state index >= 15 is 0 Å². The van der Waals surface area contributed by atoms with Crippen LogP contribution < -0.4 is 0 Å². The molecule has 1 aliphatic rings. The lowest BCUT2D eigenvalue weighted by Crippen LogP contribution is -2.09. The average Bonchev–Trinajstić information content (AvgIpc) is 3.11. The van der Waals surface area contributed by atoms with E-state index in [0.717, 1.165) is 35.7 Å². The summed E-state index contributed by atoms with van der Waals surface area (Å²) in [7, 11) is 0. The second kappa shape index (κ2) is 5.82. The van der Waals surface area contributed by atoms with E-state index in [4.69, 9.17) is 0 Å². The zero-order valence-electron chi connectivity index (χ0n) is 12.8. The van der Waals surface area contributed by atoms with Gasteiger partial charge in [0.05, 0.1) is 11.9 Å². The molecule has 2 aromatic carbocycles. The van der Waals surface area contributed by atoms with E-state index < -0.39 is 11.6 Å². The summed E-state index contributed by atoms with van der Waals surface area (Å²) in [5.74, 6) is -1.38. The summed E-state index contributed by atoms with van der Waals surface area (Å²) in [5.41, 5.74) is 3.15. The summed E-state index contributed by atoms with van der Waals surface area (Å²) in [6, 6.07) is 10.0. The molecule has 3 aromatic rings. The number of hydrogen-bond donors (Lipinski definition) is 0. The number of fused-ring (bicyclic) bond motifs is 1. The van der Waals surface area contributed by atoms with Crippen molar-refractivity contribution in [3.63, 3.8) is 0 Å². The Balaban J connectivity index is 1.71. The molecule has 4 rings (SSSR count). The molecule has 0 aliphatic heterocycles. The maximum Gasteiger partial charge on any atom is 0.151 e. The molecule has 0 saturated carbocycles. The topological polar surface area (TPSA) is 17.8 Å². The summed E-state index contributed by atoms with van der Waals surface area (Å²) < 4.78 is 42.3. The number of aromatic nitrogens is 2. The van der Waals surface area contributed by atoms with Gasteiger partial charge in [-0.15, -0.1) is 0 Å². The van der Waals surface area contributed by atoms with E-state index in [9.17, 15) is 13.2 Å². The molecule has 1 aliphatic carbocycles. The van der Waals surface area contributed by atoms with Crippen molar-refractivity contribution in [3.05, 3.63) is 82.9 Å². The smallest absolute Gasteiger partial charge is 0.151 e. The van der Waals surface area contributed by atoms with E-state index in [-0.39, 0.29) is 17.4 Å². The van der Waals surface area contributed by atoms with Crippen LogP contribution in [0.2, 0.25) is 0 Å². The van der Waals surface area contributed by atoms with Gasteiger partial charge in [-0.1, -0.05) is 12.1 Å². The van der Waals surface area contributed by atoms with Crippen LogP contribution in [0, 0.1) is 17.5 Å². The number of halogens is 3. The summed E-state index contributed by atoms with van der Waals surface area (Å²) in [6.45, 7) is 0. The Bertz CT molecular complexity index is 901. The van der Waals surface area contributed by atoms with Gasteiger partial charge in [0, 0.05) is 12.0 Å². The van der Waals surface area contributed by atoms with Crippen LogP contribution >= 0.6 is 0 Å². The molecule has 0 radical (unpaired) electrons. The van der Waals surface area contributed by atoms with Gasteiger partial charge in [0.1, 0.15) is 17.3 Å². The van der Waals surface area contributed by atoms with Crippen LogP contribution in [0.5, 0.6) is 0 Å². The van der Waals surface area contributed by atoms with Gasteiger partial charge in [-0.05, 0) is 54.7 Å². The van der Waals surface area contributed by atoms with Crippen LogP contribution in [0.25, 0.3) is 5.69 Å². The molecule has 1 unspecified atom stereocenters. The van der Waals surface area contributed by atoms with E-state index in [1.807, 2.05) is 6.07 Å². The summed E-state index contributed by atoms with van der Waals surface area (Å²) in [5, 5.41) is 4.29. The quantitative estimate of drug-likeness (QED) is 0.689. The van der Waals surface area contributed by atoms with Crippen LogP contribution in [0.4, 0.5) is 13.2 Å². The van der Waals surface area contributed by atoms with Gasteiger partial charge in [-0.25, -0.2) is 17.9 Å². The van der Waals surface area contributed by atoms with Crippen LogP contribution in [-0.4, -0.2) is 9.78 Å². The Morgan fingerprint density at radius 2 is 1.88 bits per heavy atom. The molecule has 24 heavy (non-hydrogen) atoms. The first kappa shape index (κ1) is 15.0. The number of hydrogen-bond acceptors (Lipinski definition) is 1. The Morgan fingerprint density at radius 1 is 1.04 bits per heavy atom. The number of nitrogens with zero attached hydrogens (tertiary/aromatic N) is 2. The largest absolute Gasteiger partial charge is 0.234 e. The lowest BCUT2D eigenvalue weighted by atomic mass is 9.97. The Hall–Kier alpha value is -2.56. The van der Waals surface area contributed by atoms with Crippen molar-refractivity contribution >= 4 is 0 Å². The van der Waals surface area contributed by atoms with Crippen molar-refractivity contribution in [2.75, 3.05) is 0 Å². The first-order valence-corrected chi connectivity index (χ1v) is 7.88. The number of rotatable bonds is 3. The van der Waals surface area contributed by atoms with E-state index in [2.05, 4.69) is 5.10 Å². The number of aryl methyl sites for hydroxylation is 1. The highest BCUT2D eigenvalue weighted by Crippen LogP contribution is 2.37. The van der Waals surface area contributed by atoms with E-state index in [0.29, 0.717) is 6.42 Å². The van der Waals surface area contributed by atoms with Crippen LogP contribution in [-0.2, 0) is 12.8 Å². The first-order chi connectivity index (χ1) is 11.6. The van der Waals surface area contributed by atoms with E-state index in [1.165, 1.54) is 24.3 Å². The summed E-state index contributed by atoms with van der Waals surface area (Å²) >= 11 is 0.